The summed E-state index contributed by atoms with van der Waals surface area (Å²) in [6, 6.07) is 15.6. The van der Waals surface area contributed by atoms with Crippen LogP contribution >= 0.6 is 12.4 Å². The van der Waals surface area contributed by atoms with E-state index in [-0.39, 0.29) is 23.8 Å². The maximum absolute atomic E-state index is 12.3. The van der Waals surface area contributed by atoms with Crippen molar-refractivity contribution in [2.45, 2.75) is 26.7 Å². The van der Waals surface area contributed by atoms with E-state index < -0.39 is 14.9 Å². The molecule has 0 saturated carbocycles. The second-order valence-corrected chi connectivity index (χ2v) is 10.3. The largest absolute Gasteiger partial charge is 0.354 e. The number of nitro groups is 1. The Morgan fingerprint density at radius 1 is 0.972 bits per heavy atom. The molecule has 0 aliphatic heterocycles. The number of benzene rings is 3. The maximum Gasteiger partial charge on any atom is 0.271 e. The van der Waals surface area contributed by atoms with Crippen LogP contribution in [0.15, 0.2) is 54.6 Å². The van der Waals surface area contributed by atoms with Gasteiger partial charge >= 0.3 is 0 Å². The van der Waals surface area contributed by atoms with Gasteiger partial charge in [-0.1, -0.05) is 12.1 Å². The van der Waals surface area contributed by atoms with Gasteiger partial charge in [-0.25, -0.2) is 13.4 Å². The lowest BCUT2D eigenvalue weighted by atomic mass is 10.0. The third-order valence-corrected chi connectivity index (χ3v) is 7.33. The number of sulfonamides is 1. The molecule has 0 saturated heterocycles. The first-order chi connectivity index (χ1) is 16.7. The highest BCUT2D eigenvalue weighted by atomic mass is 35.5. The minimum absolute atomic E-state index is 0. The first-order valence-corrected chi connectivity index (χ1v) is 12.9. The van der Waals surface area contributed by atoms with E-state index in [1.807, 2.05) is 26.0 Å². The highest BCUT2D eigenvalue weighted by molar-refractivity contribution is 7.92. The number of hydrogen-bond acceptors (Lipinski definition) is 7. The number of nitrogens with zero attached hydrogens (tertiary/aromatic N) is 2. The number of non-ortho nitro benzene ring substituents is 1. The molecule has 9 nitrogen and oxygen atoms in total. The number of hydrogen-bond donors (Lipinski definition) is 3. The molecule has 0 bridgehead atoms. The molecule has 0 amide bonds. The molecule has 190 valence electrons. The Hall–Kier alpha value is -3.47. The molecule has 11 heteroatoms. The lowest BCUT2D eigenvalue weighted by molar-refractivity contribution is -0.384. The van der Waals surface area contributed by atoms with Gasteiger partial charge < -0.3 is 11.1 Å². The second-order valence-electron chi connectivity index (χ2n) is 8.47. The molecule has 0 radical (unpaired) electrons. The van der Waals surface area contributed by atoms with Crippen molar-refractivity contribution in [2.75, 3.05) is 22.3 Å². The van der Waals surface area contributed by atoms with E-state index in [1.54, 1.807) is 30.3 Å². The predicted molar refractivity (Wildman–Crippen MR) is 148 cm³/mol. The van der Waals surface area contributed by atoms with Crippen LogP contribution in [0.3, 0.4) is 0 Å². The number of nitrogens with two attached hydrogens (primary N) is 1. The summed E-state index contributed by atoms with van der Waals surface area (Å²) in [5, 5.41) is 16.4. The standard InChI is InChI=1S/C25H27N5O4S.ClH/c1-16-5-11-22-24(17(16)2)28-23-15-20(30(31)32)10-12-21(23)25(22)27-18-6-8-19(9-7-18)29-35(33,34)14-4-3-13-26;/h5-12,15,29H,3-4,13-14,26H2,1-2H3,(H,27,28);1H. The van der Waals surface area contributed by atoms with Gasteiger partial charge in [-0.15, -0.1) is 12.4 Å². The summed E-state index contributed by atoms with van der Waals surface area (Å²) >= 11 is 0. The number of halogens is 1. The average Bonchev–Trinajstić information content (AvgIpc) is 2.82. The van der Waals surface area contributed by atoms with E-state index in [4.69, 9.17) is 10.7 Å². The number of aryl methyl sites for hydroxylation is 2. The van der Waals surface area contributed by atoms with Crippen LogP contribution in [0.4, 0.5) is 22.7 Å². The third-order valence-electron chi connectivity index (χ3n) is 5.96. The number of rotatable bonds is 9. The van der Waals surface area contributed by atoms with Gasteiger partial charge in [0.15, 0.2) is 0 Å². The van der Waals surface area contributed by atoms with Gasteiger partial charge in [0, 0.05) is 34.3 Å². The van der Waals surface area contributed by atoms with E-state index in [9.17, 15) is 18.5 Å². The van der Waals surface area contributed by atoms with Crippen molar-refractivity contribution < 1.29 is 13.3 Å². The first-order valence-electron chi connectivity index (χ1n) is 11.2. The van der Waals surface area contributed by atoms with Crippen molar-refractivity contribution in [1.82, 2.24) is 4.98 Å². The Morgan fingerprint density at radius 3 is 2.31 bits per heavy atom. The van der Waals surface area contributed by atoms with Gasteiger partial charge in [0.1, 0.15) is 0 Å². The van der Waals surface area contributed by atoms with Crippen LogP contribution in [-0.2, 0) is 10.0 Å². The molecule has 4 aromatic rings. The molecule has 0 fully saturated rings. The number of unbranched alkanes of at least 4 members (excludes halogenated alkanes) is 1. The fraction of sp³-hybridized carbons (Fsp3) is 0.240. The summed E-state index contributed by atoms with van der Waals surface area (Å²) in [5.74, 6) is 0.0180. The quantitative estimate of drug-likeness (QED) is 0.111. The molecule has 0 unspecified atom stereocenters. The summed E-state index contributed by atoms with van der Waals surface area (Å²) in [6.07, 6.45) is 1.16. The molecule has 36 heavy (non-hydrogen) atoms. The monoisotopic (exact) mass is 529 g/mol. The van der Waals surface area contributed by atoms with Gasteiger partial charge in [-0.2, -0.15) is 0 Å². The summed E-state index contributed by atoms with van der Waals surface area (Å²) in [5.41, 5.74) is 10.8. The predicted octanol–water partition coefficient (Wildman–Crippen LogP) is 5.56. The maximum atomic E-state index is 12.3. The summed E-state index contributed by atoms with van der Waals surface area (Å²) in [6.45, 7) is 4.43. The highest BCUT2D eigenvalue weighted by Gasteiger charge is 2.16. The number of fused-ring (bicyclic) bond motifs is 2. The lowest BCUT2D eigenvalue weighted by Crippen LogP contribution is -2.17. The van der Waals surface area contributed by atoms with E-state index >= 15 is 0 Å². The number of aromatic nitrogens is 1. The molecule has 0 aliphatic carbocycles. The lowest BCUT2D eigenvalue weighted by Gasteiger charge is -2.16. The number of nitro benzene ring substituents is 1. The Labute approximate surface area is 215 Å². The average molecular weight is 530 g/mol. The number of anilines is 3. The fourth-order valence-electron chi connectivity index (χ4n) is 3.92. The Kier molecular flexibility index (Phi) is 8.34. The van der Waals surface area contributed by atoms with Gasteiger partial charge in [0.25, 0.3) is 5.69 Å². The van der Waals surface area contributed by atoms with E-state index in [2.05, 4.69) is 10.0 Å². The van der Waals surface area contributed by atoms with Gasteiger partial charge in [-0.05, 0) is 74.7 Å². The Bertz CT molecular complexity index is 1530. The van der Waals surface area contributed by atoms with Gasteiger partial charge in [-0.3, -0.25) is 14.8 Å². The van der Waals surface area contributed by atoms with Crippen LogP contribution < -0.4 is 15.8 Å². The van der Waals surface area contributed by atoms with Crippen LogP contribution in [-0.4, -0.2) is 30.6 Å². The summed E-state index contributed by atoms with van der Waals surface area (Å²) < 4.78 is 27.1. The molecule has 4 N–H and O–H groups in total. The molecular formula is C25H28ClN5O4S. The summed E-state index contributed by atoms with van der Waals surface area (Å²) in [7, 11) is -3.45. The van der Waals surface area contributed by atoms with Crippen LogP contribution in [0.2, 0.25) is 0 Å². The van der Waals surface area contributed by atoms with Crippen LogP contribution in [0, 0.1) is 24.0 Å². The van der Waals surface area contributed by atoms with Crippen LogP contribution in [0.1, 0.15) is 24.0 Å². The normalized spacial score (nSPS) is 11.3. The molecule has 0 atom stereocenters. The molecule has 0 aliphatic rings. The Balaban J connectivity index is 0.00000361. The molecule has 4 rings (SSSR count). The van der Waals surface area contributed by atoms with Crippen LogP contribution in [0.25, 0.3) is 21.8 Å². The van der Waals surface area contributed by atoms with E-state index in [0.29, 0.717) is 30.6 Å². The summed E-state index contributed by atoms with van der Waals surface area (Å²) in [4.78, 5) is 15.6. The van der Waals surface area contributed by atoms with Crippen molar-refractivity contribution >= 4 is 67.0 Å². The number of nitrogens with one attached hydrogen (secondary N) is 2. The van der Waals surface area contributed by atoms with Crippen molar-refractivity contribution in [3.8, 4) is 0 Å². The van der Waals surface area contributed by atoms with Crippen molar-refractivity contribution in [1.29, 1.82) is 0 Å². The molecular weight excluding hydrogens is 502 g/mol. The Morgan fingerprint density at radius 2 is 1.64 bits per heavy atom. The molecule has 1 aromatic heterocycles. The minimum Gasteiger partial charge on any atom is -0.354 e. The zero-order valence-corrected chi connectivity index (χ0v) is 21.6. The molecule has 0 spiro atoms. The minimum atomic E-state index is -3.45. The van der Waals surface area contributed by atoms with Gasteiger partial charge in [0.05, 0.1) is 27.4 Å². The first kappa shape index (κ1) is 27.1. The van der Waals surface area contributed by atoms with E-state index in [0.717, 1.165) is 38.8 Å². The zero-order valence-electron chi connectivity index (χ0n) is 19.9. The fourth-order valence-corrected chi connectivity index (χ4v) is 5.10. The second kappa shape index (κ2) is 11.1. The SMILES string of the molecule is Cc1ccc2c(Nc3ccc(NS(=O)(=O)CCCCN)cc3)c3ccc([N+](=O)[O-])cc3nc2c1C.Cl. The van der Waals surface area contributed by atoms with Gasteiger partial charge in [0.2, 0.25) is 10.0 Å². The highest BCUT2D eigenvalue weighted by Crippen LogP contribution is 2.36. The third kappa shape index (κ3) is 5.84. The van der Waals surface area contributed by atoms with E-state index in [1.165, 1.54) is 12.1 Å². The topological polar surface area (TPSA) is 140 Å². The number of pyridine rings is 1. The smallest absolute Gasteiger partial charge is 0.271 e. The van der Waals surface area contributed by atoms with Crippen molar-refractivity contribution in [2.24, 2.45) is 5.73 Å². The van der Waals surface area contributed by atoms with Crippen LogP contribution in [0.5, 0.6) is 0 Å². The van der Waals surface area contributed by atoms with Crippen molar-refractivity contribution in [3.63, 3.8) is 0 Å². The molecule has 1 heterocycles. The van der Waals surface area contributed by atoms with Crippen molar-refractivity contribution in [3.05, 3.63) is 75.8 Å². The molecule has 3 aromatic carbocycles. The zero-order chi connectivity index (χ0) is 25.2.